The molecule has 1 N–H and O–H groups in total. The van der Waals surface area contributed by atoms with E-state index in [-0.39, 0.29) is 12.3 Å². The minimum absolute atomic E-state index is 0.168. The summed E-state index contributed by atoms with van der Waals surface area (Å²) in [5.41, 5.74) is -0.298. The molecule has 1 saturated heterocycles. The number of rotatable bonds is 4. The first-order chi connectivity index (χ1) is 11.9. The van der Waals surface area contributed by atoms with Crippen LogP contribution in [-0.2, 0) is 17.4 Å². The molecule has 130 valence electrons. The van der Waals surface area contributed by atoms with Crippen LogP contribution < -0.4 is 5.32 Å². The normalized spacial score (nSPS) is 19.7. The fourth-order valence-electron chi connectivity index (χ4n) is 2.18. The van der Waals surface area contributed by atoms with Gasteiger partial charge in [0, 0.05) is 0 Å². The molecule has 9 heteroatoms. The molecule has 1 aromatic carbocycles. The third-order valence-electron chi connectivity index (χ3n) is 3.33. The Morgan fingerprint density at radius 1 is 1.28 bits per heavy atom. The summed E-state index contributed by atoms with van der Waals surface area (Å²) in [6.07, 6.45) is -1.36. The molecule has 3 rings (SSSR count). The van der Waals surface area contributed by atoms with Crippen LogP contribution in [0, 0.1) is 0 Å². The monoisotopic (exact) mass is 367 g/mol. The average Bonchev–Trinajstić information content (AvgIpc) is 3.18. The number of furan rings is 1. The second kappa shape index (κ2) is 7.14. The van der Waals surface area contributed by atoms with E-state index in [4.69, 9.17) is 4.42 Å². The van der Waals surface area contributed by atoms with Crippen molar-refractivity contribution in [3.8, 4) is 0 Å². The van der Waals surface area contributed by atoms with E-state index < -0.39 is 17.0 Å². The number of thioether (sulfide) groups is 1. The smallest absolute Gasteiger partial charge is 0.416 e. The first kappa shape index (κ1) is 17.3. The Kier molecular flexibility index (Phi) is 4.93. The minimum atomic E-state index is -4.41. The van der Waals surface area contributed by atoms with Crippen molar-refractivity contribution in [3.63, 3.8) is 0 Å². The molecule has 0 saturated carbocycles. The fourth-order valence-corrected chi connectivity index (χ4v) is 3.14. The zero-order chi connectivity index (χ0) is 17.9. The number of amidine groups is 1. The molecule has 0 bridgehead atoms. The highest BCUT2D eigenvalue weighted by atomic mass is 32.2. The van der Waals surface area contributed by atoms with Gasteiger partial charge in [0.15, 0.2) is 5.17 Å². The Hall–Kier alpha value is -2.55. The van der Waals surface area contributed by atoms with Crippen molar-refractivity contribution < 1.29 is 22.4 Å². The van der Waals surface area contributed by atoms with Crippen molar-refractivity contribution >= 4 is 29.1 Å². The van der Waals surface area contributed by atoms with Crippen molar-refractivity contribution in [3.05, 3.63) is 59.5 Å². The van der Waals surface area contributed by atoms with E-state index in [2.05, 4.69) is 15.5 Å². The highest BCUT2D eigenvalue weighted by Gasteiger charge is 2.33. The third kappa shape index (κ3) is 4.50. The van der Waals surface area contributed by atoms with Crippen LogP contribution in [0.5, 0.6) is 0 Å². The van der Waals surface area contributed by atoms with Gasteiger partial charge < -0.3 is 9.73 Å². The molecule has 0 radical (unpaired) electrons. The van der Waals surface area contributed by atoms with Gasteiger partial charge in [0.25, 0.3) is 0 Å². The zero-order valence-electron chi connectivity index (χ0n) is 12.7. The number of nitrogens with zero attached hydrogens (tertiary/aromatic N) is 2. The first-order valence-electron chi connectivity index (χ1n) is 7.20. The third-order valence-corrected chi connectivity index (χ3v) is 4.40. The van der Waals surface area contributed by atoms with E-state index in [9.17, 15) is 18.0 Å². The van der Waals surface area contributed by atoms with Gasteiger partial charge >= 0.3 is 6.18 Å². The lowest BCUT2D eigenvalue weighted by atomic mass is 10.1. The molecule has 1 aliphatic heterocycles. The molecule has 2 aromatic rings. The lowest BCUT2D eigenvalue weighted by molar-refractivity contribution is -0.137. The molecular weight excluding hydrogens is 355 g/mol. The van der Waals surface area contributed by atoms with Gasteiger partial charge in [0.2, 0.25) is 5.91 Å². The number of nitrogens with one attached hydrogen (secondary N) is 1. The summed E-state index contributed by atoms with van der Waals surface area (Å²) in [7, 11) is 0. The van der Waals surface area contributed by atoms with Gasteiger partial charge in [-0.1, -0.05) is 30.0 Å². The Labute approximate surface area is 145 Å². The molecule has 2 heterocycles. The Bertz CT molecular complexity index is 816. The second-order valence-corrected chi connectivity index (χ2v) is 6.35. The lowest BCUT2D eigenvalue weighted by Gasteiger charge is -2.10. The van der Waals surface area contributed by atoms with Crippen molar-refractivity contribution in [2.45, 2.75) is 17.8 Å². The number of hydrogen-bond acceptors (Lipinski definition) is 5. The van der Waals surface area contributed by atoms with E-state index >= 15 is 0 Å². The van der Waals surface area contributed by atoms with Crippen LogP contribution in [0.25, 0.3) is 0 Å². The van der Waals surface area contributed by atoms with Gasteiger partial charge in [-0.25, -0.2) is 0 Å². The summed E-state index contributed by atoms with van der Waals surface area (Å²) in [5, 5.41) is 9.98. The van der Waals surface area contributed by atoms with E-state index in [1.807, 2.05) is 0 Å². The predicted octanol–water partition coefficient (Wildman–Crippen LogP) is 3.46. The number of benzene rings is 1. The molecule has 1 atom stereocenters. The number of alkyl halides is 3. The first-order valence-corrected chi connectivity index (χ1v) is 8.08. The molecule has 25 heavy (non-hydrogen) atoms. The number of halogens is 3. The van der Waals surface area contributed by atoms with Gasteiger partial charge in [-0.05, 0) is 30.2 Å². The molecule has 1 aliphatic rings. The van der Waals surface area contributed by atoms with Crippen LogP contribution >= 0.6 is 11.8 Å². The maximum Gasteiger partial charge on any atom is 0.416 e. The topological polar surface area (TPSA) is 67.0 Å². The van der Waals surface area contributed by atoms with Crippen LogP contribution in [0.4, 0.5) is 13.2 Å². The summed E-state index contributed by atoms with van der Waals surface area (Å²) in [5.74, 6) is 0.202. The van der Waals surface area contributed by atoms with E-state index in [0.29, 0.717) is 16.5 Å². The molecule has 5 nitrogen and oxygen atoms in total. The molecule has 1 aromatic heterocycles. The lowest BCUT2D eigenvalue weighted by Crippen LogP contribution is -2.26. The summed E-state index contributed by atoms with van der Waals surface area (Å²) < 4.78 is 43.3. The van der Waals surface area contributed by atoms with Gasteiger partial charge in [0.05, 0.1) is 23.3 Å². The maximum atomic E-state index is 12.7. The maximum absolute atomic E-state index is 12.7. The van der Waals surface area contributed by atoms with Crippen molar-refractivity contribution in [1.29, 1.82) is 0 Å². The average molecular weight is 367 g/mol. The summed E-state index contributed by atoms with van der Waals surface area (Å²) >= 11 is 1.13. The summed E-state index contributed by atoms with van der Waals surface area (Å²) in [6, 6.07) is 8.34. The fraction of sp³-hybridized carbons (Fsp3) is 0.188. The molecule has 0 spiro atoms. The van der Waals surface area contributed by atoms with Crippen molar-refractivity contribution in [1.82, 2.24) is 5.32 Å². The molecule has 0 aliphatic carbocycles. The molecular formula is C16H12F3N3O2S. The van der Waals surface area contributed by atoms with Crippen LogP contribution in [0.3, 0.4) is 0 Å². The Balaban J connectivity index is 1.65. The van der Waals surface area contributed by atoms with E-state index in [1.165, 1.54) is 18.5 Å². The van der Waals surface area contributed by atoms with Gasteiger partial charge in [-0.15, -0.1) is 5.10 Å². The Morgan fingerprint density at radius 3 is 2.84 bits per heavy atom. The number of carbonyl (C=O) groups excluding carboxylic acids is 1. The largest absolute Gasteiger partial charge is 0.463 e. The van der Waals surface area contributed by atoms with Crippen LogP contribution in [0.1, 0.15) is 16.9 Å². The van der Waals surface area contributed by atoms with Crippen molar-refractivity contribution in [2.75, 3.05) is 0 Å². The van der Waals surface area contributed by atoms with Crippen LogP contribution in [-0.4, -0.2) is 22.5 Å². The van der Waals surface area contributed by atoms with Gasteiger partial charge in [-0.3, -0.25) is 4.79 Å². The number of amides is 1. The zero-order valence-corrected chi connectivity index (χ0v) is 13.5. The standard InChI is InChI=1S/C16H12F3N3O2S/c17-16(18,19)11-4-1-3-10(7-11)8-13-14(23)21-15(25-13)22-20-9-12-5-2-6-24-12/h1-7,9,13H,8H2,(H,21,22,23)/b20-9+. The van der Waals surface area contributed by atoms with Gasteiger partial charge in [0.1, 0.15) is 5.76 Å². The minimum Gasteiger partial charge on any atom is -0.463 e. The van der Waals surface area contributed by atoms with Gasteiger partial charge in [-0.2, -0.15) is 18.3 Å². The van der Waals surface area contributed by atoms with E-state index in [0.717, 1.165) is 23.9 Å². The molecule has 1 amide bonds. The molecule has 1 unspecified atom stereocenters. The quantitative estimate of drug-likeness (QED) is 0.665. The number of carbonyl (C=O) groups is 1. The van der Waals surface area contributed by atoms with Crippen LogP contribution in [0.15, 0.2) is 57.3 Å². The number of hydrogen-bond donors (Lipinski definition) is 1. The Morgan fingerprint density at radius 2 is 2.12 bits per heavy atom. The van der Waals surface area contributed by atoms with Crippen LogP contribution in [0.2, 0.25) is 0 Å². The molecule has 1 fully saturated rings. The summed E-state index contributed by atoms with van der Waals surface area (Å²) in [4.78, 5) is 12.0. The highest BCUT2D eigenvalue weighted by molar-refractivity contribution is 8.15. The highest BCUT2D eigenvalue weighted by Crippen LogP contribution is 2.31. The predicted molar refractivity (Wildman–Crippen MR) is 88.4 cm³/mol. The van der Waals surface area contributed by atoms with Crippen molar-refractivity contribution in [2.24, 2.45) is 10.2 Å². The van der Waals surface area contributed by atoms with E-state index in [1.54, 1.807) is 18.2 Å². The second-order valence-electron chi connectivity index (χ2n) is 5.16. The summed E-state index contributed by atoms with van der Waals surface area (Å²) in [6.45, 7) is 0. The SMILES string of the molecule is O=C1N/C(=N\N=C\c2ccco2)SC1Cc1cccc(C(F)(F)F)c1.